The molecule has 0 bridgehead atoms. The van der Waals surface area contributed by atoms with Crippen molar-refractivity contribution in [3.63, 3.8) is 0 Å². The van der Waals surface area contributed by atoms with Crippen molar-refractivity contribution >= 4 is 10.2 Å². The second kappa shape index (κ2) is 1.75. The molecule has 6 heavy (non-hydrogen) atoms. The Bertz CT molecular complexity index is 40.8. The molecular formula is C4H10OSi. The van der Waals surface area contributed by atoms with Crippen molar-refractivity contribution in [1.82, 2.24) is 0 Å². The zero-order valence-corrected chi connectivity index (χ0v) is 6.11. The second-order valence-corrected chi connectivity index (χ2v) is 3.11. The van der Waals surface area contributed by atoms with Crippen molar-refractivity contribution < 1.29 is 4.74 Å². The van der Waals surface area contributed by atoms with Crippen molar-refractivity contribution in [2.75, 3.05) is 6.61 Å². The zero-order valence-electron chi connectivity index (χ0n) is 4.11. The van der Waals surface area contributed by atoms with Crippen LogP contribution in [-0.4, -0.2) is 22.6 Å². The van der Waals surface area contributed by atoms with Crippen molar-refractivity contribution in [3.05, 3.63) is 0 Å². The highest BCUT2D eigenvalue weighted by atomic mass is 28.1. The first-order valence-electron chi connectivity index (χ1n) is 2.51. The molecule has 1 atom stereocenters. The quantitative estimate of drug-likeness (QED) is 0.374. The summed E-state index contributed by atoms with van der Waals surface area (Å²) in [6.07, 6.45) is 2.63. The molecule has 1 aliphatic heterocycles. The molecule has 1 heterocycles. The minimum atomic E-state index is 0.685. The van der Waals surface area contributed by atoms with Gasteiger partial charge < -0.3 is 4.74 Å². The summed E-state index contributed by atoms with van der Waals surface area (Å²) in [6.45, 7) is 1.02. The lowest BCUT2D eigenvalue weighted by molar-refractivity contribution is 0.168. The van der Waals surface area contributed by atoms with Gasteiger partial charge in [0.15, 0.2) is 0 Å². The lowest BCUT2D eigenvalue weighted by Crippen LogP contribution is -2.01. The summed E-state index contributed by atoms with van der Waals surface area (Å²) in [5.74, 6) is 0. The Hall–Kier alpha value is 0.177. The van der Waals surface area contributed by atoms with Crippen LogP contribution in [0.25, 0.3) is 0 Å². The van der Waals surface area contributed by atoms with Crippen LogP contribution < -0.4 is 0 Å². The molecule has 1 fully saturated rings. The first-order valence-corrected chi connectivity index (χ1v) is 3.66. The molecule has 0 aliphatic carbocycles. The maximum Gasteiger partial charge on any atom is 0.0465 e. The number of hydrogen-bond acceptors (Lipinski definition) is 1. The highest BCUT2D eigenvalue weighted by Gasteiger charge is 2.07. The molecule has 1 nitrogen and oxygen atoms in total. The SMILES string of the molecule is [SiH3]C1CCCO1. The van der Waals surface area contributed by atoms with E-state index in [0.717, 1.165) is 6.61 Å². The van der Waals surface area contributed by atoms with Gasteiger partial charge in [0, 0.05) is 22.6 Å². The maximum absolute atomic E-state index is 5.21. The Labute approximate surface area is 41.1 Å². The summed E-state index contributed by atoms with van der Waals surface area (Å²) in [7, 11) is 1.23. The third-order valence-corrected chi connectivity index (χ3v) is 2.07. The van der Waals surface area contributed by atoms with Gasteiger partial charge in [0.05, 0.1) is 0 Å². The fourth-order valence-corrected chi connectivity index (χ4v) is 1.38. The molecule has 0 aromatic carbocycles. The van der Waals surface area contributed by atoms with Crippen molar-refractivity contribution in [2.24, 2.45) is 0 Å². The van der Waals surface area contributed by atoms with Gasteiger partial charge in [0.2, 0.25) is 0 Å². The molecule has 1 unspecified atom stereocenters. The fourth-order valence-electron chi connectivity index (χ4n) is 0.739. The van der Waals surface area contributed by atoms with Gasteiger partial charge in [-0.25, -0.2) is 0 Å². The first kappa shape index (κ1) is 4.34. The van der Waals surface area contributed by atoms with Gasteiger partial charge >= 0.3 is 0 Å². The van der Waals surface area contributed by atoms with Crippen molar-refractivity contribution in [2.45, 2.75) is 18.6 Å². The van der Waals surface area contributed by atoms with Crippen LogP contribution >= 0.6 is 0 Å². The van der Waals surface area contributed by atoms with Crippen LogP contribution in [0.3, 0.4) is 0 Å². The summed E-state index contributed by atoms with van der Waals surface area (Å²) in [5, 5.41) is 0. The van der Waals surface area contributed by atoms with Gasteiger partial charge in [0.1, 0.15) is 0 Å². The van der Waals surface area contributed by atoms with Gasteiger partial charge in [-0.3, -0.25) is 0 Å². The van der Waals surface area contributed by atoms with Crippen molar-refractivity contribution in [1.29, 1.82) is 0 Å². The summed E-state index contributed by atoms with van der Waals surface area (Å²) in [6, 6.07) is 0. The highest BCUT2D eigenvalue weighted by Crippen LogP contribution is 2.06. The van der Waals surface area contributed by atoms with E-state index in [1.807, 2.05) is 0 Å². The van der Waals surface area contributed by atoms with Gasteiger partial charge in [-0.15, -0.1) is 0 Å². The Morgan fingerprint density at radius 2 is 2.50 bits per heavy atom. The van der Waals surface area contributed by atoms with E-state index in [1.54, 1.807) is 0 Å². The molecule has 0 aromatic rings. The number of rotatable bonds is 0. The van der Waals surface area contributed by atoms with Gasteiger partial charge in [-0.2, -0.15) is 0 Å². The molecule has 1 rings (SSSR count). The monoisotopic (exact) mass is 102 g/mol. The molecule has 0 spiro atoms. The van der Waals surface area contributed by atoms with Crippen LogP contribution in [-0.2, 0) is 4.74 Å². The highest BCUT2D eigenvalue weighted by molar-refractivity contribution is 6.11. The lowest BCUT2D eigenvalue weighted by Gasteiger charge is -1.94. The standard InChI is InChI=1S/C4H10OSi/c6-4-2-1-3-5-4/h4H,1-3H2,6H3. The minimum Gasteiger partial charge on any atom is -0.383 e. The van der Waals surface area contributed by atoms with Crippen LogP contribution in [0.5, 0.6) is 0 Å². The molecule has 2 heteroatoms. The maximum atomic E-state index is 5.21. The van der Waals surface area contributed by atoms with E-state index < -0.39 is 0 Å². The predicted octanol–water partition coefficient (Wildman–Crippen LogP) is -0.512. The Morgan fingerprint density at radius 3 is 2.67 bits per heavy atom. The molecule has 0 saturated carbocycles. The summed E-state index contributed by atoms with van der Waals surface area (Å²) in [4.78, 5) is 0. The smallest absolute Gasteiger partial charge is 0.0465 e. The molecule has 0 radical (unpaired) electrons. The lowest BCUT2D eigenvalue weighted by atomic mass is 10.4. The van der Waals surface area contributed by atoms with E-state index in [-0.39, 0.29) is 0 Å². The molecular weight excluding hydrogens is 92.1 g/mol. The number of ether oxygens (including phenoxy) is 1. The summed E-state index contributed by atoms with van der Waals surface area (Å²) < 4.78 is 5.21. The van der Waals surface area contributed by atoms with Gasteiger partial charge in [0.25, 0.3) is 0 Å². The van der Waals surface area contributed by atoms with E-state index in [0.29, 0.717) is 5.73 Å². The molecule has 1 aliphatic rings. The van der Waals surface area contributed by atoms with Crippen LogP contribution in [0.4, 0.5) is 0 Å². The molecule has 1 saturated heterocycles. The van der Waals surface area contributed by atoms with Crippen molar-refractivity contribution in [3.8, 4) is 0 Å². The zero-order chi connectivity index (χ0) is 4.41. The van der Waals surface area contributed by atoms with E-state index in [2.05, 4.69) is 0 Å². The molecule has 36 valence electrons. The second-order valence-electron chi connectivity index (χ2n) is 1.82. The number of hydrogen-bond donors (Lipinski definition) is 0. The molecule has 0 amide bonds. The normalized spacial score (nSPS) is 35.0. The average Bonchev–Trinajstić information content (AvgIpc) is 1.86. The van der Waals surface area contributed by atoms with E-state index >= 15 is 0 Å². The fraction of sp³-hybridized carbons (Fsp3) is 1.00. The topological polar surface area (TPSA) is 9.23 Å². The van der Waals surface area contributed by atoms with E-state index in [1.165, 1.54) is 23.1 Å². The van der Waals surface area contributed by atoms with E-state index in [9.17, 15) is 0 Å². The van der Waals surface area contributed by atoms with Crippen LogP contribution in [0.2, 0.25) is 0 Å². The minimum absolute atomic E-state index is 0.685. The van der Waals surface area contributed by atoms with Gasteiger partial charge in [-0.1, -0.05) is 0 Å². The summed E-state index contributed by atoms with van der Waals surface area (Å²) >= 11 is 0. The third kappa shape index (κ3) is 0.818. The Balaban J connectivity index is 2.18. The Kier molecular flexibility index (Phi) is 1.27. The average molecular weight is 102 g/mol. The Morgan fingerprint density at radius 1 is 1.67 bits per heavy atom. The molecule has 0 aromatic heterocycles. The van der Waals surface area contributed by atoms with Crippen LogP contribution in [0.15, 0.2) is 0 Å². The first-order chi connectivity index (χ1) is 2.89. The van der Waals surface area contributed by atoms with E-state index in [4.69, 9.17) is 4.74 Å². The predicted molar refractivity (Wildman–Crippen MR) is 28.9 cm³/mol. The van der Waals surface area contributed by atoms with Gasteiger partial charge in [-0.05, 0) is 12.8 Å². The summed E-state index contributed by atoms with van der Waals surface area (Å²) in [5.41, 5.74) is 0.685. The third-order valence-electron chi connectivity index (χ3n) is 1.16. The largest absolute Gasteiger partial charge is 0.383 e. The van der Waals surface area contributed by atoms with Crippen LogP contribution in [0, 0.1) is 0 Å². The van der Waals surface area contributed by atoms with Crippen LogP contribution in [0.1, 0.15) is 12.8 Å². The molecule has 0 N–H and O–H groups in total.